The van der Waals surface area contributed by atoms with Crippen molar-refractivity contribution in [1.29, 1.82) is 0 Å². The minimum Gasteiger partial charge on any atom is -0.481 e. The van der Waals surface area contributed by atoms with E-state index in [-0.39, 0.29) is 25.1 Å². The molecule has 5 nitrogen and oxygen atoms in total. The van der Waals surface area contributed by atoms with Crippen LogP contribution in [0, 0.1) is 5.41 Å². The Balaban J connectivity index is 1.72. The molecule has 1 aromatic rings. The Bertz CT molecular complexity index is 609. The molecule has 2 fully saturated rings. The molecule has 0 saturated heterocycles. The van der Waals surface area contributed by atoms with Crippen LogP contribution in [0.5, 0.6) is 0 Å². The molecule has 0 aromatic heterocycles. The molecule has 2 atom stereocenters. The van der Waals surface area contributed by atoms with Gasteiger partial charge in [0.25, 0.3) is 0 Å². The molecule has 0 spiro atoms. The molecule has 5 heteroatoms. The van der Waals surface area contributed by atoms with Crippen molar-refractivity contribution in [2.24, 2.45) is 5.41 Å². The Hall–Kier alpha value is -2.30. The van der Waals surface area contributed by atoms with E-state index in [1.807, 2.05) is 30.3 Å². The van der Waals surface area contributed by atoms with Crippen LogP contribution in [-0.2, 0) is 9.53 Å². The van der Waals surface area contributed by atoms with E-state index < -0.39 is 17.5 Å². The molecule has 0 heterocycles. The Kier molecular flexibility index (Phi) is 4.11. The van der Waals surface area contributed by atoms with E-state index in [1.54, 1.807) is 4.90 Å². The third kappa shape index (κ3) is 3.23. The number of carboxylic acid groups (broad SMARTS) is 1. The van der Waals surface area contributed by atoms with Crippen molar-refractivity contribution in [2.45, 2.75) is 31.2 Å². The van der Waals surface area contributed by atoms with Gasteiger partial charge in [0.05, 0.1) is 5.41 Å². The average molecular weight is 315 g/mol. The SMILES string of the molecule is C=CCOC(=O)N(CC1(C(=O)O)CC1)[C@H]1CC1c1ccccc1. The Morgan fingerprint density at radius 2 is 2.04 bits per heavy atom. The van der Waals surface area contributed by atoms with E-state index >= 15 is 0 Å². The molecule has 23 heavy (non-hydrogen) atoms. The zero-order valence-corrected chi connectivity index (χ0v) is 13.0. The second kappa shape index (κ2) is 6.07. The van der Waals surface area contributed by atoms with Crippen molar-refractivity contribution < 1.29 is 19.4 Å². The highest BCUT2D eigenvalue weighted by atomic mass is 16.6. The van der Waals surface area contributed by atoms with Crippen molar-refractivity contribution in [3.05, 3.63) is 48.6 Å². The number of nitrogens with zero attached hydrogens (tertiary/aromatic N) is 1. The lowest BCUT2D eigenvalue weighted by molar-refractivity contribution is -0.143. The third-order valence-electron chi connectivity index (χ3n) is 4.72. The van der Waals surface area contributed by atoms with Crippen LogP contribution in [0.4, 0.5) is 4.79 Å². The molecule has 0 bridgehead atoms. The minimum absolute atomic E-state index is 0.0199. The smallest absolute Gasteiger partial charge is 0.410 e. The predicted molar refractivity (Wildman–Crippen MR) is 85.1 cm³/mol. The number of carboxylic acids is 1. The van der Waals surface area contributed by atoms with Gasteiger partial charge in [-0.1, -0.05) is 43.0 Å². The van der Waals surface area contributed by atoms with E-state index in [0.717, 1.165) is 6.42 Å². The first kappa shape index (κ1) is 15.6. The van der Waals surface area contributed by atoms with Crippen LogP contribution in [0.3, 0.4) is 0 Å². The minimum atomic E-state index is -0.823. The second-order valence-corrected chi connectivity index (χ2v) is 6.40. The monoisotopic (exact) mass is 315 g/mol. The Morgan fingerprint density at radius 1 is 1.35 bits per heavy atom. The molecular weight excluding hydrogens is 294 g/mol. The molecule has 0 radical (unpaired) electrons. The van der Waals surface area contributed by atoms with Crippen LogP contribution < -0.4 is 0 Å². The van der Waals surface area contributed by atoms with Gasteiger partial charge in [-0.3, -0.25) is 4.79 Å². The first-order valence-electron chi connectivity index (χ1n) is 7.90. The lowest BCUT2D eigenvalue weighted by atomic mass is 10.1. The molecule has 2 saturated carbocycles. The highest BCUT2D eigenvalue weighted by molar-refractivity contribution is 5.79. The zero-order valence-electron chi connectivity index (χ0n) is 13.0. The summed E-state index contributed by atoms with van der Waals surface area (Å²) in [6.07, 6.45) is 3.16. The largest absolute Gasteiger partial charge is 0.481 e. The zero-order chi connectivity index (χ0) is 16.4. The first-order valence-corrected chi connectivity index (χ1v) is 7.90. The summed E-state index contributed by atoms with van der Waals surface area (Å²) >= 11 is 0. The van der Waals surface area contributed by atoms with Gasteiger partial charge in [-0.05, 0) is 24.8 Å². The lowest BCUT2D eigenvalue weighted by Crippen LogP contribution is -2.41. The molecule has 2 aliphatic carbocycles. The van der Waals surface area contributed by atoms with Gasteiger partial charge >= 0.3 is 12.1 Å². The van der Waals surface area contributed by atoms with E-state index in [4.69, 9.17) is 4.74 Å². The van der Waals surface area contributed by atoms with Crippen molar-refractivity contribution in [3.8, 4) is 0 Å². The van der Waals surface area contributed by atoms with Gasteiger partial charge < -0.3 is 14.7 Å². The quantitative estimate of drug-likeness (QED) is 0.785. The number of carbonyl (C=O) groups excluding carboxylic acids is 1. The van der Waals surface area contributed by atoms with E-state index in [9.17, 15) is 14.7 Å². The van der Waals surface area contributed by atoms with Crippen molar-refractivity contribution in [2.75, 3.05) is 13.2 Å². The van der Waals surface area contributed by atoms with Crippen LogP contribution in [0.1, 0.15) is 30.7 Å². The lowest BCUT2D eigenvalue weighted by Gasteiger charge is -2.25. The van der Waals surface area contributed by atoms with Gasteiger partial charge in [0.15, 0.2) is 0 Å². The van der Waals surface area contributed by atoms with Gasteiger partial charge in [0.2, 0.25) is 0 Å². The summed E-state index contributed by atoms with van der Waals surface area (Å²) in [7, 11) is 0. The molecule has 2 aliphatic rings. The molecule has 1 unspecified atom stereocenters. The molecule has 0 aliphatic heterocycles. The van der Waals surface area contributed by atoms with Crippen molar-refractivity contribution >= 4 is 12.1 Å². The van der Waals surface area contributed by atoms with Gasteiger partial charge in [0.1, 0.15) is 6.61 Å². The fraction of sp³-hybridized carbons (Fsp3) is 0.444. The van der Waals surface area contributed by atoms with Crippen LogP contribution in [-0.4, -0.2) is 41.3 Å². The molecule has 1 amide bonds. The number of amides is 1. The van der Waals surface area contributed by atoms with Crippen LogP contribution in [0.25, 0.3) is 0 Å². The molecule has 122 valence electrons. The molecule has 1 N–H and O–H groups in total. The summed E-state index contributed by atoms with van der Waals surface area (Å²) in [6, 6.07) is 10.0. The van der Waals surface area contributed by atoms with Crippen LogP contribution in [0.15, 0.2) is 43.0 Å². The van der Waals surface area contributed by atoms with Crippen molar-refractivity contribution in [3.63, 3.8) is 0 Å². The maximum absolute atomic E-state index is 12.4. The summed E-state index contributed by atoms with van der Waals surface area (Å²) in [5.74, 6) is -0.562. The van der Waals surface area contributed by atoms with Gasteiger partial charge in [-0.15, -0.1) is 0 Å². The van der Waals surface area contributed by atoms with E-state index in [1.165, 1.54) is 11.6 Å². The van der Waals surface area contributed by atoms with Crippen LogP contribution in [0.2, 0.25) is 0 Å². The van der Waals surface area contributed by atoms with Gasteiger partial charge in [-0.2, -0.15) is 0 Å². The standard InChI is InChI=1S/C18H21NO4/c1-2-10-23-17(22)19(12-18(8-9-18)16(20)21)15-11-14(15)13-6-4-3-5-7-13/h2-7,14-15H,1,8-12H2,(H,20,21)/t14?,15-/m0/s1. The second-order valence-electron chi connectivity index (χ2n) is 6.40. The maximum atomic E-state index is 12.4. The predicted octanol–water partition coefficient (Wildman–Crippen LogP) is 3.03. The van der Waals surface area contributed by atoms with E-state index in [2.05, 4.69) is 6.58 Å². The number of ether oxygens (including phenoxy) is 1. The Labute approximate surface area is 135 Å². The fourth-order valence-electron chi connectivity index (χ4n) is 3.03. The number of hydrogen-bond acceptors (Lipinski definition) is 3. The molecule has 1 aromatic carbocycles. The average Bonchev–Trinajstić information content (AvgIpc) is 3.45. The molecular formula is C18H21NO4. The summed E-state index contributed by atoms with van der Waals surface area (Å²) in [6.45, 7) is 3.91. The summed E-state index contributed by atoms with van der Waals surface area (Å²) < 4.78 is 5.17. The first-order chi connectivity index (χ1) is 11.1. The maximum Gasteiger partial charge on any atom is 0.410 e. The summed E-state index contributed by atoms with van der Waals surface area (Å²) in [4.78, 5) is 25.4. The highest BCUT2D eigenvalue weighted by Crippen LogP contribution is 2.51. The van der Waals surface area contributed by atoms with Crippen molar-refractivity contribution in [1.82, 2.24) is 4.90 Å². The molecule has 3 rings (SSSR count). The highest BCUT2D eigenvalue weighted by Gasteiger charge is 2.55. The number of carbonyl (C=O) groups is 2. The normalized spacial score (nSPS) is 23.7. The number of rotatable bonds is 7. The van der Waals surface area contributed by atoms with Gasteiger partial charge in [0, 0.05) is 18.5 Å². The number of aliphatic carboxylic acids is 1. The fourth-order valence-corrected chi connectivity index (χ4v) is 3.03. The third-order valence-corrected chi connectivity index (χ3v) is 4.72. The Morgan fingerprint density at radius 3 is 2.61 bits per heavy atom. The number of hydrogen-bond donors (Lipinski definition) is 1. The van der Waals surface area contributed by atoms with E-state index in [0.29, 0.717) is 12.8 Å². The summed E-state index contributed by atoms with van der Waals surface area (Å²) in [5, 5.41) is 9.40. The van der Waals surface area contributed by atoms with Gasteiger partial charge in [-0.25, -0.2) is 4.79 Å². The summed E-state index contributed by atoms with van der Waals surface area (Å²) in [5.41, 5.74) is 0.399. The van der Waals surface area contributed by atoms with Crippen LogP contribution >= 0.6 is 0 Å². The topological polar surface area (TPSA) is 66.8 Å². The number of benzene rings is 1.